The summed E-state index contributed by atoms with van der Waals surface area (Å²) in [5, 5.41) is 3.40. The SMILES string of the molecule is COc1ccc(S(=O)(=O)N(CC(=O)Nc2nc(-c3ccc(Cl)cc3)cn2-c2ccc(OC)c(OC)c2)C[C@@H]2CCCO2)cc1. The Morgan fingerprint density at radius 2 is 1.75 bits per heavy atom. The Bertz CT molecular complexity index is 1700. The zero-order valence-electron chi connectivity index (χ0n) is 24.5. The number of carbonyl (C=O) groups is 1. The van der Waals surface area contributed by atoms with Crippen molar-refractivity contribution in [2.75, 3.05) is 46.3 Å². The zero-order valence-corrected chi connectivity index (χ0v) is 26.1. The topological polar surface area (TPSA) is 121 Å². The molecule has 1 amide bonds. The Morgan fingerprint density at radius 3 is 2.39 bits per heavy atom. The molecular formula is C31H33ClN4O7S. The van der Waals surface area contributed by atoms with Crippen molar-refractivity contribution in [3.8, 4) is 34.2 Å². The first-order valence-electron chi connectivity index (χ1n) is 13.8. The number of nitrogens with zero attached hydrogens (tertiary/aromatic N) is 3. The zero-order chi connectivity index (χ0) is 31.3. The Morgan fingerprint density at radius 1 is 1.02 bits per heavy atom. The first-order valence-corrected chi connectivity index (χ1v) is 15.7. The Hall–Kier alpha value is -4.10. The molecule has 0 aliphatic carbocycles. The lowest BCUT2D eigenvalue weighted by Gasteiger charge is -2.24. The summed E-state index contributed by atoms with van der Waals surface area (Å²) in [5.41, 5.74) is 1.97. The monoisotopic (exact) mass is 640 g/mol. The molecule has 11 nitrogen and oxygen atoms in total. The van der Waals surface area contributed by atoms with Crippen molar-refractivity contribution in [1.29, 1.82) is 0 Å². The van der Waals surface area contributed by atoms with Crippen LogP contribution in [-0.2, 0) is 19.6 Å². The number of imidazole rings is 1. The molecule has 1 aliphatic heterocycles. The van der Waals surface area contributed by atoms with E-state index in [0.29, 0.717) is 46.7 Å². The van der Waals surface area contributed by atoms with Crippen LogP contribution < -0.4 is 19.5 Å². The van der Waals surface area contributed by atoms with Gasteiger partial charge in [0.15, 0.2) is 11.5 Å². The van der Waals surface area contributed by atoms with Gasteiger partial charge in [0.05, 0.1) is 50.3 Å². The fraction of sp³-hybridized carbons (Fsp3) is 0.290. The number of nitrogens with one attached hydrogen (secondary N) is 1. The predicted molar refractivity (Wildman–Crippen MR) is 166 cm³/mol. The molecule has 13 heteroatoms. The normalized spacial score (nSPS) is 14.9. The molecule has 1 fully saturated rings. The highest BCUT2D eigenvalue weighted by atomic mass is 35.5. The molecule has 5 rings (SSSR count). The Balaban J connectivity index is 1.47. The molecule has 44 heavy (non-hydrogen) atoms. The number of anilines is 1. The van der Waals surface area contributed by atoms with Gasteiger partial charge < -0.3 is 18.9 Å². The summed E-state index contributed by atoms with van der Waals surface area (Å²) in [6.07, 6.45) is 2.97. The van der Waals surface area contributed by atoms with Gasteiger partial charge >= 0.3 is 0 Å². The molecule has 0 saturated carbocycles. The van der Waals surface area contributed by atoms with Crippen molar-refractivity contribution >= 4 is 33.5 Å². The van der Waals surface area contributed by atoms with E-state index in [1.54, 1.807) is 60.3 Å². The van der Waals surface area contributed by atoms with E-state index >= 15 is 0 Å². The van der Waals surface area contributed by atoms with Crippen LogP contribution in [0.4, 0.5) is 5.95 Å². The molecule has 0 unspecified atom stereocenters. The van der Waals surface area contributed by atoms with Crippen LogP contribution in [0.2, 0.25) is 5.02 Å². The largest absolute Gasteiger partial charge is 0.497 e. The second-order valence-electron chi connectivity index (χ2n) is 10.0. The number of amides is 1. The number of rotatable bonds is 12. The van der Waals surface area contributed by atoms with Gasteiger partial charge in [0.2, 0.25) is 21.9 Å². The summed E-state index contributed by atoms with van der Waals surface area (Å²) in [7, 11) is 0.521. The Kier molecular flexibility index (Phi) is 9.74. The van der Waals surface area contributed by atoms with Crippen LogP contribution in [0, 0.1) is 0 Å². The fourth-order valence-electron chi connectivity index (χ4n) is 4.88. The molecule has 2 heterocycles. The van der Waals surface area contributed by atoms with Gasteiger partial charge in [-0.25, -0.2) is 13.4 Å². The van der Waals surface area contributed by atoms with E-state index in [2.05, 4.69) is 10.3 Å². The summed E-state index contributed by atoms with van der Waals surface area (Å²) in [5.74, 6) is 1.15. The molecule has 1 saturated heterocycles. The summed E-state index contributed by atoms with van der Waals surface area (Å²) in [4.78, 5) is 18.3. The van der Waals surface area contributed by atoms with Crippen molar-refractivity contribution in [1.82, 2.24) is 13.9 Å². The van der Waals surface area contributed by atoms with E-state index in [1.165, 1.54) is 26.4 Å². The Labute approximate surface area is 261 Å². The van der Waals surface area contributed by atoms with E-state index in [9.17, 15) is 13.2 Å². The second-order valence-corrected chi connectivity index (χ2v) is 12.4. The van der Waals surface area contributed by atoms with Crippen molar-refractivity contribution < 1.29 is 32.2 Å². The second kappa shape index (κ2) is 13.7. The third kappa shape index (κ3) is 6.99. The predicted octanol–water partition coefficient (Wildman–Crippen LogP) is 5.03. The van der Waals surface area contributed by atoms with E-state index in [1.807, 2.05) is 12.1 Å². The number of hydrogen-bond acceptors (Lipinski definition) is 8. The van der Waals surface area contributed by atoms with Crippen molar-refractivity contribution in [3.63, 3.8) is 0 Å². The number of sulfonamides is 1. The van der Waals surface area contributed by atoms with Gasteiger partial charge in [-0.15, -0.1) is 0 Å². The molecule has 0 spiro atoms. The van der Waals surface area contributed by atoms with Crippen LogP contribution in [-0.4, -0.2) is 75.3 Å². The van der Waals surface area contributed by atoms with Gasteiger partial charge in [0.1, 0.15) is 5.75 Å². The lowest BCUT2D eigenvalue weighted by Crippen LogP contribution is -2.42. The molecular weight excluding hydrogens is 608 g/mol. The van der Waals surface area contributed by atoms with Gasteiger partial charge in [-0.05, 0) is 61.4 Å². The number of hydrogen-bond donors (Lipinski definition) is 1. The van der Waals surface area contributed by atoms with Crippen LogP contribution in [0.1, 0.15) is 12.8 Å². The average molecular weight is 641 g/mol. The van der Waals surface area contributed by atoms with Gasteiger partial charge in [0.25, 0.3) is 0 Å². The quantitative estimate of drug-likeness (QED) is 0.229. The molecule has 0 bridgehead atoms. The molecule has 3 aromatic carbocycles. The number of halogens is 1. The van der Waals surface area contributed by atoms with E-state index < -0.39 is 22.5 Å². The summed E-state index contributed by atoms with van der Waals surface area (Å²) >= 11 is 6.09. The molecule has 1 N–H and O–H groups in total. The van der Waals surface area contributed by atoms with Crippen LogP contribution in [0.25, 0.3) is 16.9 Å². The summed E-state index contributed by atoms with van der Waals surface area (Å²) < 4.78 is 52.1. The van der Waals surface area contributed by atoms with Crippen molar-refractivity contribution in [3.05, 3.63) is 77.9 Å². The highest BCUT2D eigenvalue weighted by molar-refractivity contribution is 7.89. The van der Waals surface area contributed by atoms with Crippen molar-refractivity contribution in [2.45, 2.75) is 23.8 Å². The third-order valence-corrected chi connectivity index (χ3v) is 9.27. The van der Waals surface area contributed by atoms with Crippen LogP contribution >= 0.6 is 11.6 Å². The first kappa shape index (κ1) is 31.3. The van der Waals surface area contributed by atoms with Gasteiger partial charge in [-0.3, -0.25) is 14.7 Å². The molecule has 4 aromatic rings. The van der Waals surface area contributed by atoms with Crippen molar-refractivity contribution in [2.24, 2.45) is 0 Å². The minimum Gasteiger partial charge on any atom is -0.497 e. The van der Waals surface area contributed by atoms with Gasteiger partial charge in [-0.1, -0.05) is 23.7 Å². The molecule has 0 radical (unpaired) electrons. The highest BCUT2D eigenvalue weighted by Crippen LogP contribution is 2.32. The van der Waals surface area contributed by atoms with Crippen LogP contribution in [0.3, 0.4) is 0 Å². The average Bonchev–Trinajstić information content (AvgIpc) is 3.71. The summed E-state index contributed by atoms with van der Waals surface area (Å²) in [6.45, 7) is 0.120. The maximum Gasteiger partial charge on any atom is 0.243 e. The minimum absolute atomic E-state index is 0.0297. The van der Waals surface area contributed by atoms with Gasteiger partial charge in [0, 0.05) is 36.0 Å². The molecule has 1 aliphatic rings. The minimum atomic E-state index is -4.05. The molecule has 1 aromatic heterocycles. The third-order valence-electron chi connectivity index (χ3n) is 7.19. The number of ether oxygens (including phenoxy) is 4. The maximum atomic E-state index is 13.7. The molecule has 232 valence electrons. The number of aromatic nitrogens is 2. The fourth-order valence-corrected chi connectivity index (χ4v) is 6.44. The summed E-state index contributed by atoms with van der Waals surface area (Å²) in [6, 6.07) is 18.5. The number of benzene rings is 3. The smallest absolute Gasteiger partial charge is 0.243 e. The van der Waals surface area contributed by atoms with E-state index in [0.717, 1.165) is 16.3 Å². The van der Waals surface area contributed by atoms with Gasteiger partial charge in [-0.2, -0.15) is 4.31 Å². The standard InChI is InChI=1S/C31H33ClN4O7S/c1-40-24-11-13-26(14-12-24)44(38,39)35(18-25-5-4-16-43-25)20-30(37)34-31-33-27(21-6-8-22(32)9-7-21)19-36(31)23-10-15-28(41-2)29(17-23)42-3/h6-15,17,19,25H,4-5,16,18,20H2,1-3H3,(H,33,34,37)/t25-/m0/s1. The van der Waals surface area contributed by atoms with Crippen LogP contribution in [0.15, 0.2) is 77.8 Å². The highest BCUT2D eigenvalue weighted by Gasteiger charge is 2.31. The lowest BCUT2D eigenvalue weighted by atomic mass is 10.2. The maximum absolute atomic E-state index is 13.7. The van der Waals surface area contributed by atoms with E-state index in [4.69, 9.17) is 30.5 Å². The van der Waals surface area contributed by atoms with Crippen LogP contribution in [0.5, 0.6) is 17.2 Å². The number of methoxy groups -OCH3 is 3. The number of carbonyl (C=O) groups excluding carboxylic acids is 1. The molecule has 1 atom stereocenters. The van der Waals surface area contributed by atoms with E-state index in [-0.39, 0.29) is 23.5 Å². The lowest BCUT2D eigenvalue weighted by molar-refractivity contribution is -0.116. The first-order chi connectivity index (χ1) is 21.2.